The first kappa shape index (κ1) is 21.8. The Bertz CT molecular complexity index is 1070. The van der Waals surface area contributed by atoms with Crippen LogP contribution in [0.2, 0.25) is 0 Å². The fourth-order valence-electron chi connectivity index (χ4n) is 4.10. The van der Waals surface area contributed by atoms with Gasteiger partial charge >= 0.3 is 6.18 Å². The van der Waals surface area contributed by atoms with Gasteiger partial charge in [0.05, 0.1) is 22.7 Å². The topological polar surface area (TPSA) is 87.5 Å². The minimum Gasteiger partial charge on any atom is -0.371 e. The fourth-order valence-corrected chi connectivity index (χ4v) is 4.10. The maximum Gasteiger partial charge on any atom is 0.416 e. The highest BCUT2D eigenvalue weighted by Gasteiger charge is 2.56. The van der Waals surface area contributed by atoms with E-state index in [1.54, 1.807) is 4.90 Å². The van der Waals surface area contributed by atoms with Gasteiger partial charge in [-0.2, -0.15) is 13.2 Å². The lowest BCUT2D eigenvalue weighted by molar-refractivity contribution is -0.384. The molecule has 4 rings (SSSR count). The standard InChI is InChI=1S/C20H17F5N4O3/c21-11-2-4-16(14(22)6-11)28-8-12-13(9-28)19(12)27-18(30)7-26-15-3-1-10(20(23,24)25)5-17(15)29(31)32/h1-6,12-13,19,26H,7-9H2,(H,27,30). The molecule has 2 aromatic carbocycles. The number of nitrogens with one attached hydrogen (secondary N) is 2. The summed E-state index contributed by atoms with van der Waals surface area (Å²) in [6.45, 7) is 0.602. The van der Waals surface area contributed by atoms with Crippen LogP contribution in [-0.2, 0) is 11.0 Å². The minimum absolute atomic E-state index is 0.0869. The largest absolute Gasteiger partial charge is 0.416 e. The monoisotopic (exact) mass is 456 g/mol. The van der Waals surface area contributed by atoms with Gasteiger partial charge in [0.2, 0.25) is 5.91 Å². The number of amides is 1. The minimum atomic E-state index is -4.73. The summed E-state index contributed by atoms with van der Waals surface area (Å²) in [6, 6.07) is 5.22. The molecule has 1 aliphatic heterocycles. The molecule has 2 N–H and O–H groups in total. The van der Waals surface area contributed by atoms with Gasteiger partial charge in [0.15, 0.2) is 0 Å². The van der Waals surface area contributed by atoms with Crippen LogP contribution in [0, 0.1) is 33.6 Å². The third-order valence-electron chi connectivity index (χ3n) is 5.73. The highest BCUT2D eigenvalue weighted by atomic mass is 19.4. The zero-order chi connectivity index (χ0) is 23.2. The predicted molar refractivity (Wildman–Crippen MR) is 104 cm³/mol. The first-order valence-corrected chi connectivity index (χ1v) is 9.63. The Morgan fingerprint density at radius 1 is 1.12 bits per heavy atom. The van der Waals surface area contributed by atoms with Gasteiger partial charge in [-0.05, 0) is 24.3 Å². The number of nitro groups is 1. The quantitative estimate of drug-likeness (QED) is 0.395. The van der Waals surface area contributed by atoms with Crippen LogP contribution in [0.4, 0.5) is 39.0 Å². The second kappa shape index (κ2) is 7.92. The summed E-state index contributed by atoms with van der Waals surface area (Å²) in [6.07, 6.45) is -4.73. The van der Waals surface area contributed by atoms with E-state index in [1.807, 2.05) is 0 Å². The number of carbonyl (C=O) groups is 1. The molecular weight excluding hydrogens is 439 g/mol. The number of nitro benzene ring substituents is 1. The molecule has 2 unspecified atom stereocenters. The lowest BCUT2D eigenvalue weighted by Gasteiger charge is -2.23. The maximum atomic E-state index is 13.9. The average Bonchev–Trinajstić information content (AvgIpc) is 3.14. The Morgan fingerprint density at radius 3 is 2.41 bits per heavy atom. The summed E-state index contributed by atoms with van der Waals surface area (Å²) in [4.78, 5) is 24.1. The zero-order valence-corrected chi connectivity index (χ0v) is 16.3. The molecule has 32 heavy (non-hydrogen) atoms. The Morgan fingerprint density at radius 2 is 1.81 bits per heavy atom. The van der Waals surface area contributed by atoms with Crippen molar-refractivity contribution in [3.05, 3.63) is 63.7 Å². The van der Waals surface area contributed by atoms with E-state index >= 15 is 0 Å². The van der Waals surface area contributed by atoms with Gasteiger partial charge in [-0.1, -0.05) is 0 Å². The number of hydrogen-bond acceptors (Lipinski definition) is 5. The van der Waals surface area contributed by atoms with Crippen molar-refractivity contribution in [2.45, 2.75) is 12.2 Å². The number of nitrogens with zero attached hydrogens (tertiary/aromatic N) is 2. The molecule has 1 aliphatic carbocycles. The van der Waals surface area contributed by atoms with Crippen LogP contribution in [0.25, 0.3) is 0 Å². The van der Waals surface area contributed by atoms with E-state index in [-0.39, 0.29) is 30.1 Å². The van der Waals surface area contributed by atoms with Crippen LogP contribution in [0.15, 0.2) is 36.4 Å². The Kier molecular flexibility index (Phi) is 5.39. The summed E-state index contributed by atoms with van der Waals surface area (Å²) in [5, 5.41) is 16.4. The summed E-state index contributed by atoms with van der Waals surface area (Å²) < 4.78 is 65.3. The van der Waals surface area contributed by atoms with Crippen molar-refractivity contribution < 1.29 is 31.7 Å². The van der Waals surface area contributed by atoms with E-state index in [0.29, 0.717) is 30.9 Å². The summed E-state index contributed by atoms with van der Waals surface area (Å²) >= 11 is 0. The third-order valence-corrected chi connectivity index (χ3v) is 5.73. The molecule has 12 heteroatoms. The van der Waals surface area contributed by atoms with E-state index in [2.05, 4.69) is 10.6 Å². The molecule has 170 valence electrons. The number of halogens is 5. The summed E-state index contributed by atoms with van der Waals surface area (Å²) in [5.74, 6) is -1.62. The number of fused-ring (bicyclic) bond motifs is 1. The molecule has 0 radical (unpaired) electrons. The molecule has 1 heterocycles. The van der Waals surface area contributed by atoms with Crippen LogP contribution in [-0.4, -0.2) is 36.5 Å². The molecule has 2 aromatic rings. The van der Waals surface area contributed by atoms with Crippen molar-refractivity contribution in [1.82, 2.24) is 5.32 Å². The van der Waals surface area contributed by atoms with E-state index in [1.165, 1.54) is 12.1 Å². The Hall–Kier alpha value is -3.44. The summed E-state index contributed by atoms with van der Waals surface area (Å²) in [7, 11) is 0. The van der Waals surface area contributed by atoms with Crippen molar-refractivity contribution in [2.24, 2.45) is 11.8 Å². The van der Waals surface area contributed by atoms with E-state index in [0.717, 1.165) is 12.1 Å². The van der Waals surface area contributed by atoms with Crippen molar-refractivity contribution in [1.29, 1.82) is 0 Å². The van der Waals surface area contributed by atoms with Crippen molar-refractivity contribution in [2.75, 3.05) is 29.9 Å². The van der Waals surface area contributed by atoms with Gasteiger partial charge in [0, 0.05) is 43.1 Å². The Balaban J connectivity index is 1.31. The first-order valence-electron chi connectivity index (χ1n) is 9.63. The number of hydrogen-bond donors (Lipinski definition) is 2. The van der Waals surface area contributed by atoms with Crippen LogP contribution in [0.5, 0.6) is 0 Å². The molecular formula is C20H17F5N4O3. The molecule has 1 saturated heterocycles. The number of anilines is 2. The van der Waals surface area contributed by atoms with Gasteiger partial charge in [0.25, 0.3) is 5.69 Å². The first-order chi connectivity index (χ1) is 15.0. The van der Waals surface area contributed by atoms with Crippen molar-refractivity contribution in [3.63, 3.8) is 0 Å². The highest BCUT2D eigenvalue weighted by Crippen LogP contribution is 2.47. The molecule has 1 saturated carbocycles. The molecule has 1 amide bonds. The number of carbonyl (C=O) groups excluding carboxylic acids is 1. The molecule has 0 bridgehead atoms. The van der Waals surface area contributed by atoms with E-state index < -0.39 is 39.9 Å². The van der Waals surface area contributed by atoms with Crippen molar-refractivity contribution in [3.8, 4) is 0 Å². The lowest BCUT2D eigenvalue weighted by atomic mass is 10.1. The second-order valence-electron chi connectivity index (χ2n) is 7.76. The van der Waals surface area contributed by atoms with Gasteiger partial charge in [-0.25, -0.2) is 8.78 Å². The predicted octanol–water partition coefficient (Wildman–Crippen LogP) is 3.55. The smallest absolute Gasteiger partial charge is 0.371 e. The molecule has 2 aliphatic rings. The fraction of sp³-hybridized carbons (Fsp3) is 0.350. The van der Waals surface area contributed by atoms with Crippen LogP contribution >= 0.6 is 0 Å². The molecule has 7 nitrogen and oxygen atoms in total. The molecule has 2 atom stereocenters. The number of rotatable bonds is 6. The number of piperidine rings is 1. The molecule has 0 aromatic heterocycles. The summed E-state index contributed by atoms with van der Waals surface area (Å²) in [5.41, 5.74) is -1.85. The Labute approximate surface area is 178 Å². The van der Waals surface area contributed by atoms with Crippen molar-refractivity contribution >= 4 is 23.0 Å². The lowest BCUT2D eigenvalue weighted by Crippen LogP contribution is -2.37. The van der Waals surface area contributed by atoms with E-state index in [4.69, 9.17) is 0 Å². The number of benzene rings is 2. The average molecular weight is 456 g/mol. The second-order valence-corrected chi connectivity index (χ2v) is 7.76. The third kappa shape index (κ3) is 4.30. The van der Waals surface area contributed by atoms with Gasteiger partial charge in [0.1, 0.15) is 17.3 Å². The number of alkyl halides is 3. The van der Waals surface area contributed by atoms with Gasteiger partial charge < -0.3 is 15.5 Å². The van der Waals surface area contributed by atoms with Crippen LogP contribution in [0.1, 0.15) is 5.56 Å². The van der Waals surface area contributed by atoms with Crippen LogP contribution in [0.3, 0.4) is 0 Å². The van der Waals surface area contributed by atoms with Gasteiger partial charge in [-0.3, -0.25) is 14.9 Å². The van der Waals surface area contributed by atoms with E-state index in [9.17, 15) is 36.9 Å². The van der Waals surface area contributed by atoms with Gasteiger partial charge in [-0.15, -0.1) is 0 Å². The molecule has 2 fully saturated rings. The normalized spacial score (nSPS) is 21.8. The molecule has 0 spiro atoms. The van der Waals surface area contributed by atoms with Crippen LogP contribution < -0.4 is 15.5 Å². The SMILES string of the molecule is O=C(CNc1ccc(C(F)(F)F)cc1[N+](=O)[O-])NC1C2CN(c3ccc(F)cc3F)CC21. The highest BCUT2D eigenvalue weighted by molar-refractivity contribution is 5.82. The maximum absolute atomic E-state index is 13.9. The zero-order valence-electron chi connectivity index (χ0n) is 16.3.